The van der Waals surface area contributed by atoms with Crippen LogP contribution in [-0.4, -0.2) is 0 Å². The third kappa shape index (κ3) is 11.3. The van der Waals surface area contributed by atoms with Crippen LogP contribution in [0.25, 0.3) is 73.1 Å². The van der Waals surface area contributed by atoms with Crippen molar-refractivity contribution < 1.29 is 0 Å². The fourth-order valence-electron chi connectivity index (χ4n) is 9.28. The predicted octanol–water partition coefficient (Wildman–Crippen LogP) is 20.5. The molecule has 4 heteroatoms. The minimum atomic E-state index is 1.02. The summed E-state index contributed by atoms with van der Waals surface area (Å²) in [5, 5.41) is 0. The van der Waals surface area contributed by atoms with E-state index in [-0.39, 0.29) is 0 Å². The molecule has 0 bridgehead atoms. The van der Waals surface area contributed by atoms with Crippen molar-refractivity contribution in [1.29, 1.82) is 0 Å². The lowest BCUT2D eigenvalue weighted by molar-refractivity contribution is 0.694. The van der Waals surface area contributed by atoms with Crippen LogP contribution < -0.4 is 0 Å². The van der Waals surface area contributed by atoms with Crippen LogP contribution in [0.5, 0.6) is 0 Å². The topological polar surface area (TPSA) is 0 Å². The van der Waals surface area contributed by atoms with Gasteiger partial charge in [-0.15, -0.1) is 45.3 Å². The molecule has 4 aromatic carbocycles. The van der Waals surface area contributed by atoms with Crippen LogP contribution in [0, 0.1) is 0 Å². The molecule has 0 aliphatic heterocycles. The first-order valence-corrected chi connectivity index (χ1v) is 28.1. The lowest BCUT2D eigenvalue weighted by Crippen LogP contribution is -1.96. The summed E-state index contributed by atoms with van der Waals surface area (Å²) in [6.07, 6.45) is 18.3. The summed E-state index contributed by atoms with van der Waals surface area (Å²) >= 11 is 7.74. The van der Waals surface area contributed by atoms with Crippen molar-refractivity contribution in [3.63, 3.8) is 0 Å². The van der Waals surface area contributed by atoms with E-state index < -0.39 is 0 Å². The Labute approximate surface area is 407 Å². The fraction of sp³-hybridized carbons (Fsp3) is 0.344. The maximum atomic E-state index is 2.52. The monoisotopic (exact) mass is 928 g/mol. The predicted molar refractivity (Wildman–Crippen MR) is 294 cm³/mol. The maximum absolute atomic E-state index is 2.52. The lowest BCUT2D eigenvalue weighted by atomic mass is 9.95. The van der Waals surface area contributed by atoms with Crippen molar-refractivity contribution in [2.24, 2.45) is 0 Å². The van der Waals surface area contributed by atoms with Crippen LogP contribution in [0.3, 0.4) is 0 Å². The summed E-state index contributed by atoms with van der Waals surface area (Å²) < 4.78 is 0. The average molecular weight is 929 g/mol. The van der Waals surface area contributed by atoms with Crippen LogP contribution in [0.2, 0.25) is 0 Å². The average Bonchev–Trinajstić information content (AvgIpc) is 4.20. The van der Waals surface area contributed by atoms with Crippen LogP contribution in [0.4, 0.5) is 0 Å². The number of thiophene rings is 4. The minimum absolute atomic E-state index is 1.02. The highest BCUT2D eigenvalue weighted by Crippen LogP contribution is 2.47. The molecule has 8 aromatic rings. The highest BCUT2D eigenvalue weighted by atomic mass is 32.1. The molecule has 0 saturated carbocycles. The van der Waals surface area contributed by atoms with Gasteiger partial charge in [0.2, 0.25) is 0 Å². The largest absolute Gasteiger partial charge is 0.140 e. The van der Waals surface area contributed by atoms with Gasteiger partial charge in [0.1, 0.15) is 0 Å². The summed E-state index contributed by atoms with van der Waals surface area (Å²) in [7, 11) is 0. The van der Waals surface area contributed by atoms with Crippen molar-refractivity contribution in [3.05, 3.63) is 154 Å². The number of aryl methyl sites for hydroxylation is 6. The first-order valence-electron chi connectivity index (χ1n) is 24.8. The van der Waals surface area contributed by atoms with E-state index in [0.717, 1.165) is 19.3 Å². The van der Waals surface area contributed by atoms with Crippen molar-refractivity contribution in [1.82, 2.24) is 0 Å². The molecule has 0 amide bonds. The number of unbranched alkanes of at least 4 members (excludes halogenated alkanes) is 6. The van der Waals surface area contributed by atoms with E-state index in [0.29, 0.717) is 0 Å². The Morgan fingerprint density at radius 3 is 1.25 bits per heavy atom. The molecule has 0 N–H and O–H groups in total. The number of hydrogen-bond donors (Lipinski definition) is 0. The van der Waals surface area contributed by atoms with E-state index in [1.807, 2.05) is 45.3 Å². The van der Waals surface area contributed by atoms with Gasteiger partial charge in [-0.1, -0.05) is 141 Å². The van der Waals surface area contributed by atoms with Gasteiger partial charge in [-0.05, 0) is 163 Å². The van der Waals surface area contributed by atoms with Gasteiger partial charge >= 0.3 is 0 Å². The zero-order chi connectivity index (χ0) is 45.1. The zero-order valence-electron chi connectivity index (χ0n) is 39.8. The lowest BCUT2D eigenvalue weighted by Gasteiger charge is -2.12. The smallest absolute Gasteiger partial charge is 0.0356 e. The van der Waals surface area contributed by atoms with Crippen LogP contribution in [0.1, 0.15) is 132 Å². The zero-order valence-corrected chi connectivity index (χ0v) is 43.1. The number of rotatable bonds is 22. The molecule has 4 aromatic heterocycles. The second kappa shape index (κ2) is 22.9. The van der Waals surface area contributed by atoms with E-state index >= 15 is 0 Å². The Kier molecular flexibility index (Phi) is 16.6. The second-order valence-corrected chi connectivity index (χ2v) is 22.2. The van der Waals surface area contributed by atoms with E-state index in [2.05, 4.69) is 163 Å². The molecule has 0 fully saturated rings. The van der Waals surface area contributed by atoms with Gasteiger partial charge in [0, 0.05) is 61.3 Å². The van der Waals surface area contributed by atoms with E-state index in [1.165, 1.54) is 172 Å². The van der Waals surface area contributed by atoms with Crippen molar-refractivity contribution in [3.8, 4) is 73.1 Å². The molecular formula is C61H68S4. The van der Waals surface area contributed by atoms with Crippen LogP contribution in [0.15, 0.2) is 121 Å². The van der Waals surface area contributed by atoms with Gasteiger partial charge in [-0.3, -0.25) is 0 Å². The van der Waals surface area contributed by atoms with Gasteiger partial charge in [0.05, 0.1) is 0 Å². The standard InChI is InChI=1S/C61H68S4/c1-7-13-16-19-44-23-25-47(39-43(44)11-5)55-34-37-61(65-55)54-41-49(27-30-52(54)58-31-28-50(12-6)62-58)57-32-35-59(63-57)51-29-22-42(10-4)38-53(51)60-36-33-56(64-60)48-26-24-45(20-17-14-8-2)46(40-48)21-18-15-9-3/h22-41H,7-21H2,1-6H3. The molecule has 0 aliphatic rings. The van der Waals surface area contributed by atoms with Gasteiger partial charge in [-0.2, -0.15) is 0 Å². The molecule has 0 spiro atoms. The summed E-state index contributed by atoms with van der Waals surface area (Å²) in [5.74, 6) is 0. The molecule has 4 heterocycles. The fourth-order valence-corrected chi connectivity index (χ4v) is 13.4. The maximum Gasteiger partial charge on any atom is 0.0356 e. The van der Waals surface area contributed by atoms with Crippen molar-refractivity contribution >= 4 is 45.3 Å². The van der Waals surface area contributed by atoms with Gasteiger partial charge in [0.15, 0.2) is 0 Å². The summed E-state index contributed by atoms with van der Waals surface area (Å²) in [6.45, 7) is 13.7. The highest BCUT2D eigenvalue weighted by Gasteiger charge is 2.19. The minimum Gasteiger partial charge on any atom is -0.140 e. The van der Waals surface area contributed by atoms with E-state index in [1.54, 1.807) is 11.1 Å². The Morgan fingerprint density at radius 2 is 0.723 bits per heavy atom. The molecule has 8 rings (SSSR count). The molecular weight excluding hydrogens is 861 g/mol. The Hall–Kier alpha value is -4.32. The molecule has 0 unspecified atom stereocenters. The Balaban J connectivity index is 1.12. The molecule has 0 nitrogen and oxygen atoms in total. The van der Waals surface area contributed by atoms with Crippen molar-refractivity contribution in [2.45, 2.75) is 138 Å². The van der Waals surface area contributed by atoms with E-state index in [4.69, 9.17) is 0 Å². The summed E-state index contributed by atoms with van der Waals surface area (Å²) in [6, 6.07) is 47.8. The SMILES string of the molecule is CCCCCc1ccc(-c2ccc(-c3cc(-c4ccc(-c5ccc(CC)cc5-c5ccc(-c6ccc(CCCCC)c(CCCCC)c6)s5)s4)ccc3-c3ccc(CC)s3)s2)cc1CC. The molecule has 0 atom stereocenters. The highest BCUT2D eigenvalue weighted by molar-refractivity contribution is 7.20. The van der Waals surface area contributed by atoms with Gasteiger partial charge in [0.25, 0.3) is 0 Å². The normalized spacial score (nSPS) is 11.5. The van der Waals surface area contributed by atoms with Crippen LogP contribution >= 0.6 is 45.3 Å². The van der Waals surface area contributed by atoms with Gasteiger partial charge in [-0.25, -0.2) is 0 Å². The molecule has 65 heavy (non-hydrogen) atoms. The Morgan fingerprint density at radius 1 is 0.292 bits per heavy atom. The number of hydrogen-bond acceptors (Lipinski definition) is 4. The molecule has 0 saturated heterocycles. The second-order valence-electron chi connectivity index (χ2n) is 17.8. The van der Waals surface area contributed by atoms with Crippen LogP contribution in [-0.2, 0) is 38.5 Å². The summed E-state index contributed by atoms with van der Waals surface area (Å²) in [4.78, 5) is 10.8. The Bertz CT molecular complexity index is 2780. The molecule has 0 radical (unpaired) electrons. The first kappa shape index (κ1) is 47.2. The third-order valence-corrected chi connectivity index (χ3v) is 18.0. The quantitative estimate of drug-likeness (QED) is 0.0594. The van der Waals surface area contributed by atoms with E-state index in [9.17, 15) is 0 Å². The van der Waals surface area contributed by atoms with Gasteiger partial charge < -0.3 is 0 Å². The van der Waals surface area contributed by atoms with Crippen molar-refractivity contribution in [2.75, 3.05) is 0 Å². The molecule has 336 valence electrons. The number of benzene rings is 4. The first-order chi connectivity index (χ1) is 31.9. The summed E-state index contributed by atoms with van der Waals surface area (Å²) in [5.41, 5.74) is 16.8. The molecule has 0 aliphatic carbocycles. The third-order valence-electron chi connectivity index (χ3n) is 13.2.